The molecule has 0 unspecified atom stereocenters. The monoisotopic (exact) mass is 319 g/mol. The first-order valence-corrected chi connectivity index (χ1v) is 7.87. The highest BCUT2D eigenvalue weighted by Gasteiger charge is 2.20. The lowest BCUT2D eigenvalue weighted by Gasteiger charge is -2.31. The van der Waals surface area contributed by atoms with Gasteiger partial charge in [-0.25, -0.2) is 0 Å². The second kappa shape index (κ2) is 8.91. The molecule has 2 aromatic carbocycles. The van der Waals surface area contributed by atoms with Crippen molar-refractivity contribution in [3.05, 3.63) is 70.7 Å². The van der Waals surface area contributed by atoms with Crippen LogP contribution in [0.4, 0.5) is 0 Å². The molecular formula is C18H22ClNO2. The van der Waals surface area contributed by atoms with Crippen molar-refractivity contribution in [3.63, 3.8) is 0 Å². The first kappa shape index (κ1) is 17.0. The van der Waals surface area contributed by atoms with Gasteiger partial charge in [-0.1, -0.05) is 54.1 Å². The number of hydrogen-bond acceptors (Lipinski definition) is 3. The summed E-state index contributed by atoms with van der Waals surface area (Å²) in [6.07, 6.45) is 0.807. The lowest BCUT2D eigenvalue weighted by Crippen LogP contribution is -2.35. The molecule has 0 aliphatic carbocycles. The van der Waals surface area contributed by atoms with Crippen LogP contribution in [0.15, 0.2) is 54.6 Å². The van der Waals surface area contributed by atoms with E-state index >= 15 is 0 Å². The van der Waals surface area contributed by atoms with Gasteiger partial charge in [0.2, 0.25) is 0 Å². The minimum Gasteiger partial charge on any atom is -0.395 e. The minimum atomic E-state index is 0.0734. The number of aliphatic hydroxyl groups excluding tert-OH is 2. The summed E-state index contributed by atoms with van der Waals surface area (Å²) >= 11 is 5.95. The van der Waals surface area contributed by atoms with Crippen molar-refractivity contribution in [2.45, 2.75) is 12.5 Å². The number of nitrogens with zero attached hydrogens (tertiary/aromatic N) is 1. The molecule has 0 bridgehead atoms. The van der Waals surface area contributed by atoms with Crippen LogP contribution in [0.25, 0.3) is 0 Å². The van der Waals surface area contributed by atoms with Crippen molar-refractivity contribution in [2.75, 3.05) is 26.3 Å². The zero-order chi connectivity index (χ0) is 15.8. The van der Waals surface area contributed by atoms with E-state index in [2.05, 4.69) is 17.0 Å². The van der Waals surface area contributed by atoms with Crippen molar-refractivity contribution in [1.82, 2.24) is 4.90 Å². The summed E-state index contributed by atoms with van der Waals surface area (Å²) in [6.45, 7) is 1.22. The van der Waals surface area contributed by atoms with Gasteiger partial charge < -0.3 is 10.2 Å². The molecule has 0 saturated carbocycles. The van der Waals surface area contributed by atoms with E-state index in [0.717, 1.165) is 11.4 Å². The van der Waals surface area contributed by atoms with Gasteiger partial charge in [0, 0.05) is 24.2 Å². The summed E-state index contributed by atoms with van der Waals surface area (Å²) in [5, 5.41) is 19.4. The lowest BCUT2D eigenvalue weighted by atomic mass is 9.97. The van der Waals surface area contributed by atoms with Crippen molar-refractivity contribution in [1.29, 1.82) is 0 Å². The van der Waals surface area contributed by atoms with Gasteiger partial charge in [-0.3, -0.25) is 4.90 Å². The molecule has 2 rings (SSSR count). The molecule has 0 heterocycles. The van der Waals surface area contributed by atoms with Crippen LogP contribution < -0.4 is 0 Å². The molecule has 0 spiro atoms. The molecule has 4 heteroatoms. The van der Waals surface area contributed by atoms with Crippen LogP contribution in [-0.4, -0.2) is 41.4 Å². The highest BCUT2D eigenvalue weighted by atomic mass is 35.5. The molecule has 2 N–H and O–H groups in total. The molecule has 0 fully saturated rings. The lowest BCUT2D eigenvalue weighted by molar-refractivity contribution is 0.121. The first-order chi connectivity index (χ1) is 10.7. The second-order valence-corrected chi connectivity index (χ2v) is 5.68. The fourth-order valence-corrected chi connectivity index (χ4v) is 2.78. The van der Waals surface area contributed by atoms with Gasteiger partial charge in [-0.2, -0.15) is 0 Å². The molecule has 0 aliphatic rings. The Morgan fingerprint density at radius 2 is 1.45 bits per heavy atom. The number of benzene rings is 2. The maximum absolute atomic E-state index is 9.32. The van der Waals surface area contributed by atoms with Crippen LogP contribution in [0.1, 0.15) is 17.2 Å². The molecule has 118 valence electrons. The molecule has 1 atom stereocenters. The summed E-state index contributed by atoms with van der Waals surface area (Å²) in [4.78, 5) is 2.12. The van der Waals surface area contributed by atoms with Gasteiger partial charge in [-0.05, 0) is 29.7 Å². The molecular weight excluding hydrogens is 298 g/mol. The van der Waals surface area contributed by atoms with Crippen molar-refractivity contribution in [3.8, 4) is 0 Å². The van der Waals surface area contributed by atoms with E-state index in [1.54, 1.807) is 0 Å². The Morgan fingerprint density at radius 3 is 2.00 bits per heavy atom. The van der Waals surface area contributed by atoms with E-state index in [9.17, 15) is 10.2 Å². The third kappa shape index (κ3) is 4.82. The molecule has 3 nitrogen and oxygen atoms in total. The third-order valence-electron chi connectivity index (χ3n) is 3.74. The highest BCUT2D eigenvalue weighted by Crippen LogP contribution is 2.25. The third-order valence-corrected chi connectivity index (χ3v) is 3.99. The predicted octanol–water partition coefficient (Wildman–Crippen LogP) is 2.91. The van der Waals surface area contributed by atoms with Crippen molar-refractivity contribution in [2.24, 2.45) is 0 Å². The van der Waals surface area contributed by atoms with E-state index in [1.165, 1.54) is 11.1 Å². The zero-order valence-electron chi connectivity index (χ0n) is 12.5. The van der Waals surface area contributed by atoms with Crippen molar-refractivity contribution >= 4 is 11.6 Å². The maximum atomic E-state index is 9.32. The van der Waals surface area contributed by atoms with Gasteiger partial charge in [0.05, 0.1) is 13.2 Å². The smallest absolute Gasteiger partial charge is 0.0558 e. The molecule has 0 saturated heterocycles. The van der Waals surface area contributed by atoms with Crippen LogP contribution in [0, 0.1) is 0 Å². The van der Waals surface area contributed by atoms with E-state index in [-0.39, 0.29) is 19.3 Å². The van der Waals surface area contributed by atoms with Crippen LogP contribution in [0.5, 0.6) is 0 Å². The zero-order valence-corrected chi connectivity index (χ0v) is 13.3. The summed E-state index contributed by atoms with van der Waals surface area (Å²) in [5.74, 6) is 0. The number of rotatable bonds is 8. The molecule has 22 heavy (non-hydrogen) atoms. The first-order valence-electron chi connectivity index (χ1n) is 7.49. The quantitative estimate of drug-likeness (QED) is 0.786. The van der Waals surface area contributed by atoms with Crippen LogP contribution in [0.2, 0.25) is 5.02 Å². The maximum Gasteiger partial charge on any atom is 0.0558 e. The van der Waals surface area contributed by atoms with Gasteiger partial charge in [0.1, 0.15) is 0 Å². The second-order valence-electron chi connectivity index (χ2n) is 5.24. The normalized spacial score (nSPS) is 12.5. The van der Waals surface area contributed by atoms with Gasteiger partial charge >= 0.3 is 0 Å². The van der Waals surface area contributed by atoms with Crippen molar-refractivity contribution < 1.29 is 10.2 Å². The fraction of sp³-hybridized carbons (Fsp3) is 0.333. The molecule has 0 radical (unpaired) electrons. The summed E-state index contributed by atoms with van der Waals surface area (Å²) in [5.41, 5.74) is 2.36. The minimum absolute atomic E-state index is 0.0734. The molecule has 2 aromatic rings. The van der Waals surface area contributed by atoms with E-state index in [4.69, 9.17) is 11.6 Å². The van der Waals surface area contributed by atoms with Crippen LogP contribution in [-0.2, 0) is 6.42 Å². The topological polar surface area (TPSA) is 43.7 Å². The Labute approximate surface area is 136 Å². The summed E-state index contributed by atoms with van der Waals surface area (Å²) in [6, 6.07) is 18.1. The van der Waals surface area contributed by atoms with Gasteiger partial charge in [-0.15, -0.1) is 0 Å². The Hall–Kier alpha value is -1.39. The van der Waals surface area contributed by atoms with E-state index in [0.29, 0.717) is 13.1 Å². The number of hydrogen-bond donors (Lipinski definition) is 2. The average Bonchev–Trinajstić information content (AvgIpc) is 2.55. The largest absolute Gasteiger partial charge is 0.395 e. The number of aliphatic hydroxyl groups is 2. The highest BCUT2D eigenvalue weighted by molar-refractivity contribution is 6.30. The number of halogens is 1. The average molecular weight is 320 g/mol. The standard InChI is InChI=1S/C18H22ClNO2/c19-17-8-6-15(7-9-17)14-18(16-4-2-1-3-5-16)20(10-12-21)11-13-22/h1-9,18,21-22H,10-14H2/t18-/m1/s1. The van der Waals surface area contributed by atoms with E-state index in [1.807, 2.05) is 42.5 Å². The van der Waals surface area contributed by atoms with E-state index < -0.39 is 0 Å². The van der Waals surface area contributed by atoms with Crippen LogP contribution in [0.3, 0.4) is 0 Å². The Morgan fingerprint density at radius 1 is 0.864 bits per heavy atom. The predicted molar refractivity (Wildman–Crippen MR) is 90.1 cm³/mol. The van der Waals surface area contributed by atoms with Gasteiger partial charge in [0.25, 0.3) is 0 Å². The Balaban J connectivity index is 2.25. The summed E-state index contributed by atoms with van der Waals surface area (Å²) < 4.78 is 0. The Kier molecular flexibility index (Phi) is 6.87. The summed E-state index contributed by atoms with van der Waals surface area (Å²) in [7, 11) is 0. The fourth-order valence-electron chi connectivity index (χ4n) is 2.66. The van der Waals surface area contributed by atoms with Gasteiger partial charge in [0.15, 0.2) is 0 Å². The SMILES string of the molecule is OCCN(CCO)[C@H](Cc1ccc(Cl)cc1)c1ccccc1. The molecule has 0 aliphatic heterocycles. The molecule has 0 aromatic heterocycles. The van der Waals surface area contributed by atoms with Crippen LogP contribution >= 0.6 is 11.6 Å². The Bertz CT molecular complexity index is 539. The molecule has 0 amide bonds.